The van der Waals surface area contributed by atoms with Crippen molar-refractivity contribution < 1.29 is 5.11 Å². The molecule has 17 heavy (non-hydrogen) atoms. The van der Waals surface area contributed by atoms with Gasteiger partial charge in [-0.3, -0.25) is 0 Å². The minimum atomic E-state index is -0.565. The molecule has 3 nitrogen and oxygen atoms in total. The molecule has 0 bridgehead atoms. The first-order valence-electron chi connectivity index (χ1n) is 6.22. The number of aliphatic hydroxyl groups is 1. The van der Waals surface area contributed by atoms with Crippen LogP contribution in [0.2, 0.25) is 0 Å². The summed E-state index contributed by atoms with van der Waals surface area (Å²) in [5.41, 5.74) is 0.819. The van der Waals surface area contributed by atoms with Crippen molar-refractivity contribution in [3.63, 3.8) is 0 Å². The van der Waals surface area contributed by atoms with E-state index >= 15 is 0 Å². The van der Waals surface area contributed by atoms with Crippen LogP contribution in [0.3, 0.4) is 0 Å². The zero-order chi connectivity index (χ0) is 12.7. The van der Waals surface area contributed by atoms with E-state index < -0.39 is 5.60 Å². The molecule has 0 spiro atoms. The van der Waals surface area contributed by atoms with Gasteiger partial charge in [-0.05, 0) is 30.4 Å². The summed E-state index contributed by atoms with van der Waals surface area (Å²) < 4.78 is 0. The second-order valence-corrected chi connectivity index (χ2v) is 6.32. The topological polar surface area (TPSA) is 36.4 Å². The quantitative estimate of drug-likeness (QED) is 0.810. The molecule has 1 aliphatic rings. The molecule has 1 unspecified atom stereocenters. The highest BCUT2D eigenvalue weighted by Gasteiger charge is 2.31. The van der Waals surface area contributed by atoms with Crippen molar-refractivity contribution in [1.82, 2.24) is 4.98 Å². The van der Waals surface area contributed by atoms with E-state index in [1.165, 1.54) is 5.56 Å². The Morgan fingerprint density at radius 1 is 1.35 bits per heavy atom. The Balaban J connectivity index is 2.14. The number of aromatic nitrogens is 1. The van der Waals surface area contributed by atoms with E-state index in [0.29, 0.717) is 6.54 Å². The van der Waals surface area contributed by atoms with E-state index in [9.17, 15) is 5.11 Å². The molecule has 1 fully saturated rings. The number of hydrogen-bond donors (Lipinski definition) is 1. The fourth-order valence-electron chi connectivity index (χ4n) is 2.16. The zero-order valence-electron chi connectivity index (χ0n) is 11.2. The van der Waals surface area contributed by atoms with Crippen LogP contribution in [0.4, 0.5) is 5.82 Å². The van der Waals surface area contributed by atoms with Crippen LogP contribution < -0.4 is 4.90 Å². The van der Waals surface area contributed by atoms with Crippen LogP contribution in [0.25, 0.3) is 0 Å². The lowest BCUT2D eigenvalue weighted by Crippen LogP contribution is -2.30. The molecule has 0 amide bonds. The third kappa shape index (κ3) is 2.78. The minimum absolute atomic E-state index is 0.141. The molecule has 1 aromatic heterocycles. The third-order valence-electron chi connectivity index (χ3n) is 3.39. The standard InChI is InChI=1S/C14H22N2O/c1-13(2,3)11-5-6-12(15-9-11)16-8-7-14(4,17)10-16/h5-6,9,17H,7-8,10H2,1-4H3. The number of β-amino-alcohol motifs (C(OH)–C–C–N with tert-alkyl or cyclic N) is 1. The molecule has 1 aliphatic heterocycles. The number of nitrogens with zero attached hydrogens (tertiary/aromatic N) is 2. The Bertz CT molecular complexity index is 390. The van der Waals surface area contributed by atoms with Gasteiger partial charge in [0.25, 0.3) is 0 Å². The SMILES string of the molecule is CC1(O)CCN(c2ccc(C(C)(C)C)cn2)C1. The van der Waals surface area contributed by atoms with Gasteiger partial charge in [0.05, 0.1) is 5.60 Å². The fourth-order valence-corrected chi connectivity index (χ4v) is 2.16. The lowest BCUT2D eigenvalue weighted by atomic mass is 9.88. The van der Waals surface area contributed by atoms with E-state index in [-0.39, 0.29) is 5.41 Å². The van der Waals surface area contributed by atoms with Gasteiger partial charge in [0.2, 0.25) is 0 Å². The van der Waals surface area contributed by atoms with Crippen molar-refractivity contribution in [2.75, 3.05) is 18.0 Å². The van der Waals surface area contributed by atoms with Gasteiger partial charge in [-0.1, -0.05) is 26.8 Å². The summed E-state index contributed by atoms with van der Waals surface area (Å²) in [6.45, 7) is 10.00. The Hall–Kier alpha value is -1.09. The minimum Gasteiger partial charge on any atom is -0.388 e. The van der Waals surface area contributed by atoms with Gasteiger partial charge in [-0.15, -0.1) is 0 Å². The zero-order valence-corrected chi connectivity index (χ0v) is 11.2. The van der Waals surface area contributed by atoms with Crippen molar-refractivity contribution >= 4 is 5.82 Å². The van der Waals surface area contributed by atoms with E-state index in [2.05, 4.69) is 42.8 Å². The van der Waals surface area contributed by atoms with Crippen molar-refractivity contribution in [2.45, 2.75) is 45.1 Å². The maximum Gasteiger partial charge on any atom is 0.128 e. The Kier molecular flexibility index (Phi) is 2.90. The maximum absolute atomic E-state index is 9.94. The van der Waals surface area contributed by atoms with Crippen molar-refractivity contribution in [2.24, 2.45) is 0 Å². The van der Waals surface area contributed by atoms with Crippen LogP contribution >= 0.6 is 0 Å². The predicted octanol–water partition coefficient (Wildman–Crippen LogP) is 2.34. The Labute approximate surface area is 103 Å². The third-order valence-corrected chi connectivity index (χ3v) is 3.39. The van der Waals surface area contributed by atoms with Crippen molar-refractivity contribution in [3.05, 3.63) is 23.9 Å². The van der Waals surface area contributed by atoms with Crippen LogP contribution in [0.1, 0.15) is 39.7 Å². The number of anilines is 1. The molecular formula is C14H22N2O. The summed E-state index contributed by atoms with van der Waals surface area (Å²) in [6.07, 6.45) is 2.76. The predicted molar refractivity (Wildman–Crippen MR) is 70.4 cm³/mol. The fraction of sp³-hybridized carbons (Fsp3) is 0.643. The summed E-state index contributed by atoms with van der Waals surface area (Å²) in [7, 11) is 0. The van der Waals surface area contributed by atoms with Crippen LogP contribution in [0.15, 0.2) is 18.3 Å². The van der Waals surface area contributed by atoms with Crippen LogP contribution in [-0.4, -0.2) is 28.8 Å². The van der Waals surface area contributed by atoms with Gasteiger partial charge >= 0.3 is 0 Å². The highest BCUT2D eigenvalue weighted by Crippen LogP contribution is 2.27. The Morgan fingerprint density at radius 2 is 2.06 bits per heavy atom. The molecular weight excluding hydrogens is 212 g/mol. The first-order valence-corrected chi connectivity index (χ1v) is 6.22. The first-order chi connectivity index (χ1) is 7.78. The van der Waals surface area contributed by atoms with Gasteiger partial charge in [0.15, 0.2) is 0 Å². The van der Waals surface area contributed by atoms with Crippen LogP contribution in [0, 0.1) is 0 Å². The molecule has 3 heteroatoms. The summed E-state index contributed by atoms with van der Waals surface area (Å²) in [4.78, 5) is 6.65. The molecule has 0 aromatic carbocycles. The lowest BCUT2D eigenvalue weighted by molar-refractivity contribution is 0.0839. The first kappa shape index (κ1) is 12.4. The summed E-state index contributed by atoms with van der Waals surface area (Å²) in [5, 5.41) is 9.94. The van der Waals surface area contributed by atoms with E-state index in [4.69, 9.17) is 0 Å². The monoisotopic (exact) mass is 234 g/mol. The van der Waals surface area contributed by atoms with Crippen molar-refractivity contribution in [3.8, 4) is 0 Å². The van der Waals surface area contributed by atoms with Gasteiger partial charge in [-0.25, -0.2) is 4.98 Å². The maximum atomic E-state index is 9.94. The number of hydrogen-bond acceptors (Lipinski definition) is 3. The molecule has 1 saturated heterocycles. The molecule has 94 valence electrons. The molecule has 2 heterocycles. The van der Waals surface area contributed by atoms with E-state index in [1.807, 2.05) is 13.1 Å². The van der Waals surface area contributed by atoms with Gasteiger partial charge in [-0.2, -0.15) is 0 Å². The second kappa shape index (κ2) is 3.98. The summed E-state index contributed by atoms with van der Waals surface area (Å²) in [6, 6.07) is 4.19. The van der Waals surface area contributed by atoms with E-state index in [1.54, 1.807) is 0 Å². The molecule has 1 aromatic rings. The van der Waals surface area contributed by atoms with Crippen molar-refractivity contribution in [1.29, 1.82) is 0 Å². The largest absolute Gasteiger partial charge is 0.388 e. The second-order valence-electron chi connectivity index (χ2n) is 6.32. The summed E-state index contributed by atoms with van der Waals surface area (Å²) in [5.74, 6) is 0.968. The highest BCUT2D eigenvalue weighted by molar-refractivity contribution is 5.42. The molecule has 1 atom stereocenters. The summed E-state index contributed by atoms with van der Waals surface area (Å²) >= 11 is 0. The normalized spacial score (nSPS) is 25.4. The smallest absolute Gasteiger partial charge is 0.128 e. The van der Waals surface area contributed by atoms with Crippen LogP contribution in [-0.2, 0) is 5.41 Å². The lowest BCUT2D eigenvalue weighted by Gasteiger charge is -2.22. The molecule has 0 radical (unpaired) electrons. The molecule has 0 saturated carbocycles. The highest BCUT2D eigenvalue weighted by atomic mass is 16.3. The average Bonchev–Trinajstić information content (AvgIpc) is 2.58. The molecule has 1 N–H and O–H groups in total. The number of rotatable bonds is 1. The number of pyridine rings is 1. The Morgan fingerprint density at radius 3 is 2.47 bits per heavy atom. The van der Waals surface area contributed by atoms with Gasteiger partial charge < -0.3 is 10.0 Å². The molecule has 2 rings (SSSR count). The van der Waals surface area contributed by atoms with Crippen LogP contribution in [0.5, 0.6) is 0 Å². The van der Waals surface area contributed by atoms with E-state index in [0.717, 1.165) is 18.8 Å². The average molecular weight is 234 g/mol. The molecule has 0 aliphatic carbocycles. The van der Waals surface area contributed by atoms with Gasteiger partial charge in [0, 0.05) is 19.3 Å². The van der Waals surface area contributed by atoms with Gasteiger partial charge in [0.1, 0.15) is 5.82 Å².